The molecule has 6 nitrogen and oxygen atoms in total. The van der Waals surface area contributed by atoms with Crippen molar-refractivity contribution in [1.82, 2.24) is 4.90 Å². The van der Waals surface area contributed by atoms with Crippen molar-refractivity contribution >= 4 is 40.5 Å². The second-order valence-electron chi connectivity index (χ2n) is 5.24. The molecule has 24 heavy (non-hydrogen) atoms. The van der Waals surface area contributed by atoms with Crippen LogP contribution in [0.3, 0.4) is 0 Å². The molecule has 0 saturated heterocycles. The Morgan fingerprint density at radius 1 is 1.33 bits per heavy atom. The molecule has 1 heterocycles. The van der Waals surface area contributed by atoms with Gasteiger partial charge in [0.15, 0.2) is 0 Å². The zero-order chi connectivity index (χ0) is 17.1. The molecule has 1 aliphatic carbocycles. The lowest BCUT2D eigenvalue weighted by Crippen LogP contribution is -2.48. The van der Waals surface area contributed by atoms with Gasteiger partial charge in [0.05, 0.1) is 18.7 Å². The highest BCUT2D eigenvalue weighted by molar-refractivity contribution is 7.80. The van der Waals surface area contributed by atoms with Gasteiger partial charge in [-0.3, -0.25) is 14.5 Å². The number of nitrogens with zero attached hydrogens (tertiary/aromatic N) is 2. The van der Waals surface area contributed by atoms with Crippen LogP contribution < -0.4 is 10.1 Å². The minimum absolute atomic E-state index is 0.107. The van der Waals surface area contributed by atoms with Crippen molar-refractivity contribution < 1.29 is 14.3 Å². The number of amides is 2. The normalized spacial score (nSPS) is 19.0. The number of hydrogen-bond donors (Lipinski definition) is 1. The smallest absolute Gasteiger partial charge is 0.244 e. The minimum atomic E-state index is -0.476. The second kappa shape index (κ2) is 6.76. The van der Waals surface area contributed by atoms with Crippen molar-refractivity contribution in [2.24, 2.45) is 10.9 Å². The average Bonchev–Trinajstić information content (AvgIpc) is 2.59. The summed E-state index contributed by atoms with van der Waals surface area (Å²) in [6.45, 7) is -0.172. The number of benzene rings is 1. The Balaban J connectivity index is 1.68. The molecule has 2 aliphatic rings. The van der Waals surface area contributed by atoms with Crippen molar-refractivity contribution in [2.75, 3.05) is 19.0 Å². The van der Waals surface area contributed by atoms with Crippen molar-refractivity contribution in [1.29, 1.82) is 0 Å². The Hall–Kier alpha value is -2.80. The first-order chi connectivity index (χ1) is 11.6. The van der Waals surface area contributed by atoms with E-state index in [4.69, 9.17) is 17.0 Å². The summed E-state index contributed by atoms with van der Waals surface area (Å²) < 4.78 is 5.06. The van der Waals surface area contributed by atoms with E-state index in [2.05, 4.69) is 10.3 Å². The molecular formula is C17H15N3O3S. The molecular weight excluding hydrogens is 326 g/mol. The first-order valence-corrected chi connectivity index (χ1v) is 7.72. The third-order valence-electron chi connectivity index (χ3n) is 3.66. The molecule has 7 heteroatoms. The summed E-state index contributed by atoms with van der Waals surface area (Å²) in [6.07, 6.45) is 7.09. The van der Waals surface area contributed by atoms with Gasteiger partial charge in [-0.25, -0.2) is 4.99 Å². The number of fused-ring (bicyclic) bond motifs is 1. The van der Waals surface area contributed by atoms with Crippen LogP contribution in [0.25, 0.3) is 0 Å². The molecule has 2 amide bonds. The summed E-state index contributed by atoms with van der Waals surface area (Å²) in [5, 5.41) is 2.83. The van der Waals surface area contributed by atoms with Gasteiger partial charge >= 0.3 is 0 Å². The molecule has 1 N–H and O–H groups in total. The summed E-state index contributed by atoms with van der Waals surface area (Å²) in [4.78, 5) is 30.2. The number of rotatable bonds is 4. The maximum Gasteiger partial charge on any atom is 0.244 e. The van der Waals surface area contributed by atoms with Crippen LogP contribution in [0.2, 0.25) is 0 Å². The van der Waals surface area contributed by atoms with Crippen molar-refractivity contribution in [3.63, 3.8) is 0 Å². The van der Waals surface area contributed by atoms with Gasteiger partial charge in [0.2, 0.25) is 16.9 Å². The summed E-state index contributed by atoms with van der Waals surface area (Å²) in [5.41, 5.74) is 1.22. The molecule has 3 rings (SSSR count). The molecule has 0 bridgehead atoms. The first kappa shape index (κ1) is 16.1. The van der Waals surface area contributed by atoms with Crippen LogP contribution >= 0.6 is 12.2 Å². The Morgan fingerprint density at radius 2 is 2.08 bits per heavy atom. The van der Waals surface area contributed by atoms with Crippen molar-refractivity contribution in [2.45, 2.75) is 0 Å². The van der Waals surface area contributed by atoms with Crippen LogP contribution in [0.4, 0.5) is 5.69 Å². The Labute approximate surface area is 144 Å². The van der Waals surface area contributed by atoms with Gasteiger partial charge in [-0.15, -0.1) is 0 Å². The fourth-order valence-corrected chi connectivity index (χ4v) is 2.70. The molecule has 0 fully saturated rings. The minimum Gasteiger partial charge on any atom is -0.497 e. The molecule has 0 aromatic heterocycles. The molecule has 0 spiro atoms. The van der Waals surface area contributed by atoms with Gasteiger partial charge in [0.25, 0.3) is 0 Å². The van der Waals surface area contributed by atoms with Crippen molar-refractivity contribution in [3.8, 4) is 5.75 Å². The van der Waals surface area contributed by atoms with Gasteiger partial charge in [-0.2, -0.15) is 0 Å². The van der Waals surface area contributed by atoms with E-state index in [0.29, 0.717) is 17.1 Å². The zero-order valence-electron chi connectivity index (χ0n) is 12.9. The summed E-state index contributed by atoms with van der Waals surface area (Å²) in [7, 11) is 1.57. The number of anilines is 1. The van der Waals surface area contributed by atoms with E-state index in [1.165, 1.54) is 4.90 Å². The van der Waals surface area contributed by atoms with Gasteiger partial charge < -0.3 is 10.1 Å². The molecule has 0 radical (unpaired) electrons. The molecule has 1 aromatic carbocycles. The SMILES string of the molecule is COc1ccc(NC(=O)CN2C(=O)C3C=CC=CC3=NC2=S)cc1. The van der Waals surface area contributed by atoms with Crippen molar-refractivity contribution in [3.05, 3.63) is 48.6 Å². The number of thiocarbonyl (C=S) groups is 1. The van der Waals surface area contributed by atoms with Crippen LogP contribution in [0, 0.1) is 5.92 Å². The molecule has 1 aliphatic heterocycles. The third-order valence-corrected chi connectivity index (χ3v) is 3.98. The number of aliphatic imine (C=N–C) groups is 1. The van der Waals surface area contributed by atoms with E-state index in [-0.39, 0.29) is 23.5 Å². The fraction of sp³-hybridized carbons (Fsp3) is 0.176. The maximum absolute atomic E-state index is 12.5. The van der Waals surface area contributed by atoms with Crippen LogP contribution in [-0.2, 0) is 9.59 Å². The molecule has 1 unspecified atom stereocenters. The van der Waals surface area contributed by atoms with Gasteiger partial charge in [0.1, 0.15) is 12.3 Å². The Kier molecular flexibility index (Phi) is 4.52. The Morgan fingerprint density at radius 3 is 2.79 bits per heavy atom. The highest BCUT2D eigenvalue weighted by Gasteiger charge is 2.34. The third kappa shape index (κ3) is 3.26. The molecule has 1 atom stereocenters. The number of ether oxygens (including phenoxy) is 1. The van der Waals surface area contributed by atoms with E-state index in [1.54, 1.807) is 55.7 Å². The number of carbonyl (C=O) groups excluding carboxylic acids is 2. The lowest BCUT2D eigenvalue weighted by Gasteiger charge is -2.29. The van der Waals surface area contributed by atoms with E-state index in [1.807, 2.05) is 0 Å². The lowest BCUT2D eigenvalue weighted by molar-refractivity contribution is -0.131. The predicted octanol–water partition coefficient (Wildman–Crippen LogP) is 1.94. The Bertz CT molecular complexity index is 781. The number of carbonyl (C=O) groups is 2. The van der Waals surface area contributed by atoms with Crippen LogP contribution in [0.1, 0.15) is 0 Å². The predicted molar refractivity (Wildman–Crippen MR) is 95.1 cm³/mol. The largest absolute Gasteiger partial charge is 0.497 e. The lowest BCUT2D eigenvalue weighted by atomic mass is 9.95. The highest BCUT2D eigenvalue weighted by atomic mass is 32.1. The van der Waals surface area contributed by atoms with E-state index in [0.717, 1.165) is 0 Å². The summed E-state index contributed by atoms with van der Waals surface area (Å²) in [6, 6.07) is 6.92. The molecule has 122 valence electrons. The van der Waals surface area contributed by atoms with E-state index in [9.17, 15) is 9.59 Å². The quantitative estimate of drug-likeness (QED) is 0.850. The van der Waals surface area contributed by atoms with Crippen LogP contribution in [0.15, 0.2) is 53.6 Å². The van der Waals surface area contributed by atoms with E-state index >= 15 is 0 Å². The average molecular weight is 341 g/mol. The van der Waals surface area contributed by atoms with Gasteiger partial charge in [0, 0.05) is 5.69 Å². The number of allylic oxidation sites excluding steroid dienone is 3. The molecule has 0 saturated carbocycles. The van der Waals surface area contributed by atoms with Gasteiger partial charge in [-0.05, 0) is 42.6 Å². The summed E-state index contributed by atoms with van der Waals surface area (Å²) in [5.74, 6) is -0.366. The molecule has 1 aromatic rings. The topological polar surface area (TPSA) is 71.0 Å². The number of nitrogens with one attached hydrogen (secondary N) is 1. The standard InChI is InChI=1S/C17H15N3O3S/c1-23-12-8-6-11(7-9-12)18-15(21)10-20-16(22)13-4-2-3-5-14(13)19-17(20)24/h2-9,13H,10H2,1H3,(H,18,21). The summed E-state index contributed by atoms with van der Waals surface area (Å²) >= 11 is 5.15. The second-order valence-corrected chi connectivity index (χ2v) is 5.61. The zero-order valence-corrected chi connectivity index (χ0v) is 13.7. The maximum atomic E-state index is 12.5. The number of hydrogen-bond acceptors (Lipinski definition) is 4. The van der Waals surface area contributed by atoms with Crippen LogP contribution in [-0.4, -0.2) is 41.2 Å². The monoisotopic (exact) mass is 341 g/mol. The fourth-order valence-electron chi connectivity index (χ4n) is 2.44. The van der Waals surface area contributed by atoms with E-state index < -0.39 is 5.92 Å². The highest BCUT2D eigenvalue weighted by Crippen LogP contribution is 2.20. The first-order valence-electron chi connectivity index (χ1n) is 7.31. The van der Waals surface area contributed by atoms with Crippen LogP contribution in [0.5, 0.6) is 5.75 Å². The van der Waals surface area contributed by atoms with Gasteiger partial charge in [-0.1, -0.05) is 18.2 Å². The number of methoxy groups -OCH3 is 1.